The zero-order valence-corrected chi connectivity index (χ0v) is 13.2. The van der Waals surface area contributed by atoms with Crippen LogP contribution in [0.5, 0.6) is 5.75 Å². The fourth-order valence-electron chi connectivity index (χ4n) is 2.77. The van der Waals surface area contributed by atoms with Gasteiger partial charge in [-0.2, -0.15) is 0 Å². The number of halogens is 1. The molecule has 0 spiro atoms. The highest BCUT2D eigenvalue weighted by atomic mass is 35.5. The SMILES string of the molecule is CCCN(CC1CCNCC1)C(=O)c1cc(Cl)ccc1O. The van der Waals surface area contributed by atoms with E-state index < -0.39 is 0 Å². The summed E-state index contributed by atoms with van der Waals surface area (Å²) in [5.74, 6) is 0.397. The number of aromatic hydroxyl groups is 1. The van der Waals surface area contributed by atoms with Gasteiger partial charge in [0.15, 0.2) is 0 Å². The highest BCUT2D eigenvalue weighted by Crippen LogP contribution is 2.24. The number of carbonyl (C=O) groups excluding carboxylic acids is 1. The normalized spacial score (nSPS) is 15.9. The monoisotopic (exact) mass is 310 g/mol. The van der Waals surface area contributed by atoms with Crippen molar-refractivity contribution >= 4 is 17.5 Å². The van der Waals surface area contributed by atoms with Crippen molar-refractivity contribution < 1.29 is 9.90 Å². The Morgan fingerprint density at radius 2 is 2.14 bits per heavy atom. The van der Waals surface area contributed by atoms with Gasteiger partial charge in [0, 0.05) is 18.1 Å². The van der Waals surface area contributed by atoms with E-state index in [1.807, 2.05) is 4.90 Å². The number of nitrogens with zero attached hydrogens (tertiary/aromatic N) is 1. The van der Waals surface area contributed by atoms with Gasteiger partial charge in [0.2, 0.25) is 0 Å². The predicted octanol–water partition coefficient (Wildman–Crippen LogP) is 2.90. The van der Waals surface area contributed by atoms with E-state index in [0.29, 0.717) is 23.0 Å². The van der Waals surface area contributed by atoms with E-state index in [1.54, 1.807) is 12.1 Å². The summed E-state index contributed by atoms with van der Waals surface area (Å²) in [7, 11) is 0. The molecule has 0 unspecified atom stereocenters. The molecular weight excluding hydrogens is 288 g/mol. The van der Waals surface area contributed by atoms with E-state index in [9.17, 15) is 9.90 Å². The lowest BCUT2D eigenvalue weighted by molar-refractivity contribution is 0.0713. The molecular formula is C16H23ClN2O2. The molecule has 0 aromatic heterocycles. The summed E-state index contributed by atoms with van der Waals surface area (Å²) in [6, 6.07) is 4.61. The van der Waals surface area contributed by atoms with Crippen molar-refractivity contribution in [1.29, 1.82) is 0 Å². The van der Waals surface area contributed by atoms with Gasteiger partial charge in [-0.15, -0.1) is 0 Å². The van der Waals surface area contributed by atoms with E-state index in [-0.39, 0.29) is 11.7 Å². The van der Waals surface area contributed by atoms with Crippen LogP contribution in [-0.2, 0) is 0 Å². The smallest absolute Gasteiger partial charge is 0.257 e. The zero-order chi connectivity index (χ0) is 15.2. The van der Waals surface area contributed by atoms with Crippen LogP contribution in [0, 0.1) is 5.92 Å². The first-order valence-corrected chi connectivity index (χ1v) is 7.98. The number of rotatable bonds is 5. The quantitative estimate of drug-likeness (QED) is 0.879. The molecule has 0 bridgehead atoms. The van der Waals surface area contributed by atoms with Gasteiger partial charge < -0.3 is 15.3 Å². The maximum absolute atomic E-state index is 12.7. The molecule has 0 atom stereocenters. The first-order chi connectivity index (χ1) is 10.1. The van der Waals surface area contributed by atoms with Crippen LogP contribution in [0.3, 0.4) is 0 Å². The summed E-state index contributed by atoms with van der Waals surface area (Å²) in [6.45, 7) is 5.54. The molecule has 0 radical (unpaired) electrons. The van der Waals surface area contributed by atoms with E-state index in [0.717, 1.165) is 38.9 Å². The van der Waals surface area contributed by atoms with Crippen LogP contribution in [-0.4, -0.2) is 42.1 Å². The molecule has 4 nitrogen and oxygen atoms in total. The molecule has 1 aliphatic rings. The Balaban J connectivity index is 2.12. The lowest BCUT2D eigenvalue weighted by Crippen LogP contribution is -2.39. The summed E-state index contributed by atoms with van der Waals surface area (Å²) < 4.78 is 0. The van der Waals surface area contributed by atoms with E-state index in [4.69, 9.17) is 11.6 Å². The third kappa shape index (κ3) is 4.35. The van der Waals surface area contributed by atoms with Crippen LogP contribution < -0.4 is 5.32 Å². The molecule has 1 aromatic rings. The number of carbonyl (C=O) groups is 1. The second-order valence-electron chi connectivity index (χ2n) is 5.61. The third-order valence-electron chi connectivity index (χ3n) is 3.91. The minimum Gasteiger partial charge on any atom is -0.507 e. The number of hydrogen-bond donors (Lipinski definition) is 2. The maximum atomic E-state index is 12.7. The Labute approximate surface area is 131 Å². The molecule has 1 amide bonds. The van der Waals surface area contributed by atoms with Gasteiger partial charge in [0.25, 0.3) is 5.91 Å². The average molecular weight is 311 g/mol. The second-order valence-corrected chi connectivity index (χ2v) is 6.04. The summed E-state index contributed by atoms with van der Waals surface area (Å²) in [6.07, 6.45) is 3.09. The minimum atomic E-state index is -0.129. The number of piperidine rings is 1. The third-order valence-corrected chi connectivity index (χ3v) is 4.14. The number of benzene rings is 1. The van der Waals surface area contributed by atoms with E-state index in [2.05, 4.69) is 12.2 Å². The predicted molar refractivity (Wildman–Crippen MR) is 84.9 cm³/mol. The van der Waals surface area contributed by atoms with Crippen LogP contribution in [0.4, 0.5) is 0 Å². The number of hydrogen-bond acceptors (Lipinski definition) is 3. The summed E-state index contributed by atoms with van der Waals surface area (Å²) in [5.41, 5.74) is 0.296. The van der Waals surface area contributed by atoms with Crippen molar-refractivity contribution in [3.63, 3.8) is 0 Å². The summed E-state index contributed by atoms with van der Waals surface area (Å²) >= 11 is 5.94. The molecule has 2 N–H and O–H groups in total. The molecule has 1 saturated heterocycles. The van der Waals surface area contributed by atoms with Crippen LogP contribution in [0.25, 0.3) is 0 Å². The van der Waals surface area contributed by atoms with Crippen molar-refractivity contribution in [1.82, 2.24) is 10.2 Å². The molecule has 0 aliphatic carbocycles. The molecule has 21 heavy (non-hydrogen) atoms. The molecule has 1 aromatic carbocycles. The van der Waals surface area contributed by atoms with Crippen LogP contribution in [0.15, 0.2) is 18.2 Å². The van der Waals surface area contributed by atoms with Crippen molar-refractivity contribution in [3.8, 4) is 5.75 Å². The van der Waals surface area contributed by atoms with Gasteiger partial charge in [-0.05, 0) is 56.5 Å². The molecule has 5 heteroatoms. The molecule has 1 aliphatic heterocycles. The van der Waals surface area contributed by atoms with Gasteiger partial charge in [-0.25, -0.2) is 0 Å². The zero-order valence-electron chi connectivity index (χ0n) is 12.4. The average Bonchev–Trinajstić information content (AvgIpc) is 2.49. The van der Waals surface area contributed by atoms with Gasteiger partial charge in [0.05, 0.1) is 5.56 Å². The Kier molecular flexibility index (Phi) is 5.88. The molecule has 2 rings (SSSR count). The van der Waals surface area contributed by atoms with Crippen molar-refractivity contribution in [2.24, 2.45) is 5.92 Å². The number of phenols is 1. The Morgan fingerprint density at radius 3 is 2.81 bits per heavy atom. The summed E-state index contributed by atoms with van der Waals surface area (Å²) in [4.78, 5) is 14.5. The Hall–Kier alpha value is -1.26. The highest BCUT2D eigenvalue weighted by molar-refractivity contribution is 6.31. The van der Waals surface area contributed by atoms with Crippen molar-refractivity contribution in [2.75, 3.05) is 26.2 Å². The first-order valence-electron chi connectivity index (χ1n) is 7.60. The second kappa shape index (κ2) is 7.66. The van der Waals surface area contributed by atoms with Gasteiger partial charge in [-0.3, -0.25) is 4.79 Å². The van der Waals surface area contributed by atoms with Gasteiger partial charge in [0.1, 0.15) is 5.75 Å². The maximum Gasteiger partial charge on any atom is 0.257 e. The fourth-order valence-corrected chi connectivity index (χ4v) is 2.94. The first kappa shape index (κ1) is 16.1. The molecule has 116 valence electrons. The lowest BCUT2D eigenvalue weighted by Gasteiger charge is -2.30. The minimum absolute atomic E-state index is 0.00388. The standard InChI is InChI=1S/C16H23ClN2O2/c1-2-9-19(11-12-5-7-18-8-6-12)16(21)14-10-13(17)3-4-15(14)20/h3-4,10,12,18,20H,2,5-9,11H2,1H3. The van der Waals surface area contributed by atoms with E-state index >= 15 is 0 Å². The van der Waals surface area contributed by atoms with Crippen molar-refractivity contribution in [3.05, 3.63) is 28.8 Å². The Morgan fingerprint density at radius 1 is 1.43 bits per heavy atom. The van der Waals surface area contributed by atoms with Crippen LogP contribution >= 0.6 is 11.6 Å². The number of amides is 1. The largest absolute Gasteiger partial charge is 0.507 e. The van der Waals surface area contributed by atoms with Gasteiger partial charge in [-0.1, -0.05) is 18.5 Å². The molecule has 1 fully saturated rings. The topological polar surface area (TPSA) is 52.6 Å². The van der Waals surface area contributed by atoms with Crippen LogP contribution in [0.2, 0.25) is 5.02 Å². The van der Waals surface area contributed by atoms with E-state index in [1.165, 1.54) is 6.07 Å². The Bertz CT molecular complexity index is 487. The number of nitrogens with one attached hydrogen (secondary N) is 1. The summed E-state index contributed by atoms with van der Waals surface area (Å²) in [5, 5.41) is 13.7. The fraction of sp³-hybridized carbons (Fsp3) is 0.562. The van der Waals surface area contributed by atoms with Crippen LogP contribution in [0.1, 0.15) is 36.5 Å². The molecule has 1 heterocycles. The van der Waals surface area contributed by atoms with Gasteiger partial charge >= 0.3 is 0 Å². The molecule has 0 saturated carbocycles. The number of phenolic OH excluding ortho intramolecular Hbond substituents is 1. The highest BCUT2D eigenvalue weighted by Gasteiger charge is 2.23. The lowest BCUT2D eigenvalue weighted by atomic mass is 9.97. The van der Waals surface area contributed by atoms with Crippen molar-refractivity contribution in [2.45, 2.75) is 26.2 Å².